The zero-order valence-electron chi connectivity index (χ0n) is 12.9. The van der Waals surface area contributed by atoms with Gasteiger partial charge in [-0.3, -0.25) is 4.68 Å². The summed E-state index contributed by atoms with van der Waals surface area (Å²) >= 11 is 0. The lowest BCUT2D eigenvalue weighted by Gasteiger charge is -2.13. The summed E-state index contributed by atoms with van der Waals surface area (Å²) in [4.78, 5) is 11.8. The fourth-order valence-electron chi connectivity index (χ4n) is 2.63. The second kappa shape index (κ2) is 7.62. The van der Waals surface area contributed by atoms with Gasteiger partial charge < -0.3 is 15.4 Å². The van der Waals surface area contributed by atoms with Gasteiger partial charge in [-0.05, 0) is 49.9 Å². The van der Waals surface area contributed by atoms with Crippen LogP contribution < -0.4 is 15.4 Å². The van der Waals surface area contributed by atoms with E-state index >= 15 is 0 Å². The first-order valence-corrected chi connectivity index (χ1v) is 7.95. The predicted molar refractivity (Wildman–Crippen MR) is 86.4 cm³/mol. The number of amides is 2. The standard InChI is InChI=1S/C16H21N5O2/c22-16(17-9-11-21-12-10-18-20-21)19-13-5-7-15(8-6-13)23-14-3-1-2-4-14/h5-8,10,12,14H,1-4,9,11H2,(H2,17,19,22). The number of hydrogen-bond acceptors (Lipinski definition) is 4. The van der Waals surface area contributed by atoms with Crippen LogP contribution in [0.3, 0.4) is 0 Å². The molecular formula is C16H21N5O2. The van der Waals surface area contributed by atoms with Crippen LogP contribution in [0.15, 0.2) is 36.7 Å². The third-order valence-electron chi connectivity index (χ3n) is 3.82. The maximum atomic E-state index is 11.8. The summed E-state index contributed by atoms with van der Waals surface area (Å²) in [5.74, 6) is 0.856. The number of nitrogens with one attached hydrogen (secondary N) is 2. The van der Waals surface area contributed by atoms with E-state index < -0.39 is 0 Å². The van der Waals surface area contributed by atoms with Crippen molar-refractivity contribution in [1.29, 1.82) is 0 Å². The van der Waals surface area contributed by atoms with Gasteiger partial charge in [0.25, 0.3) is 0 Å². The van der Waals surface area contributed by atoms with Crippen LogP contribution in [0.2, 0.25) is 0 Å². The molecule has 0 aliphatic heterocycles. The van der Waals surface area contributed by atoms with Crippen molar-refractivity contribution in [2.45, 2.75) is 38.3 Å². The molecule has 1 saturated carbocycles. The van der Waals surface area contributed by atoms with Gasteiger partial charge in [0.15, 0.2) is 0 Å². The molecule has 1 heterocycles. The van der Waals surface area contributed by atoms with Crippen LogP contribution in [0.1, 0.15) is 25.7 Å². The first-order chi connectivity index (χ1) is 11.3. The van der Waals surface area contributed by atoms with Crippen LogP contribution in [0.5, 0.6) is 5.75 Å². The molecule has 0 radical (unpaired) electrons. The molecule has 23 heavy (non-hydrogen) atoms. The molecule has 7 nitrogen and oxygen atoms in total. The molecule has 2 amide bonds. The van der Waals surface area contributed by atoms with Crippen LogP contribution in [0, 0.1) is 0 Å². The number of urea groups is 1. The topological polar surface area (TPSA) is 81.1 Å². The van der Waals surface area contributed by atoms with Gasteiger partial charge >= 0.3 is 6.03 Å². The number of carbonyl (C=O) groups excluding carboxylic acids is 1. The van der Waals surface area contributed by atoms with Crippen molar-refractivity contribution in [2.24, 2.45) is 0 Å². The number of rotatable bonds is 6. The van der Waals surface area contributed by atoms with Gasteiger partial charge in [-0.15, -0.1) is 5.10 Å². The van der Waals surface area contributed by atoms with E-state index in [0.717, 1.165) is 24.3 Å². The summed E-state index contributed by atoms with van der Waals surface area (Å²) in [5, 5.41) is 13.1. The lowest BCUT2D eigenvalue weighted by Crippen LogP contribution is -2.31. The summed E-state index contributed by atoms with van der Waals surface area (Å²) in [5.41, 5.74) is 0.738. The lowest BCUT2D eigenvalue weighted by atomic mass is 10.3. The van der Waals surface area contributed by atoms with E-state index in [0.29, 0.717) is 19.2 Å². The molecular weight excluding hydrogens is 294 g/mol. The van der Waals surface area contributed by atoms with Gasteiger partial charge in [-0.2, -0.15) is 0 Å². The Hall–Kier alpha value is -2.57. The molecule has 1 aromatic heterocycles. The molecule has 3 rings (SSSR count). The molecule has 0 saturated heterocycles. The SMILES string of the molecule is O=C(NCCn1ccnn1)Nc1ccc(OC2CCCC2)cc1. The van der Waals surface area contributed by atoms with Crippen LogP contribution >= 0.6 is 0 Å². The van der Waals surface area contributed by atoms with Crippen molar-refractivity contribution >= 4 is 11.7 Å². The van der Waals surface area contributed by atoms with Gasteiger partial charge in [0.2, 0.25) is 0 Å². The first kappa shape index (κ1) is 15.3. The Balaban J connectivity index is 1.41. The molecule has 0 spiro atoms. The minimum Gasteiger partial charge on any atom is -0.490 e. The van der Waals surface area contributed by atoms with Crippen molar-refractivity contribution in [2.75, 3.05) is 11.9 Å². The van der Waals surface area contributed by atoms with E-state index in [2.05, 4.69) is 20.9 Å². The predicted octanol–water partition coefficient (Wildman–Crippen LogP) is 2.42. The van der Waals surface area contributed by atoms with E-state index in [1.165, 1.54) is 12.8 Å². The fourth-order valence-corrected chi connectivity index (χ4v) is 2.63. The smallest absolute Gasteiger partial charge is 0.319 e. The number of anilines is 1. The fraction of sp³-hybridized carbons (Fsp3) is 0.438. The van der Waals surface area contributed by atoms with Gasteiger partial charge in [-0.25, -0.2) is 4.79 Å². The molecule has 0 atom stereocenters. The van der Waals surface area contributed by atoms with Crippen molar-refractivity contribution in [1.82, 2.24) is 20.3 Å². The van der Waals surface area contributed by atoms with Crippen LogP contribution in [0.4, 0.5) is 10.5 Å². The average molecular weight is 315 g/mol. The highest BCUT2D eigenvalue weighted by atomic mass is 16.5. The largest absolute Gasteiger partial charge is 0.490 e. The molecule has 7 heteroatoms. The lowest BCUT2D eigenvalue weighted by molar-refractivity contribution is 0.210. The molecule has 1 aromatic carbocycles. The Kier molecular flexibility index (Phi) is 5.08. The van der Waals surface area contributed by atoms with Crippen molar-refractivity contribution < 1.29 is 9.53 Å². The molecule has 0 bridgehead atoms. The van der Waals surface area contributed by atoms with E-state index in [-0.39, 0.29) is 6.03 Å². The number of nitrogens with zero attached hydrogens (tertiary/aromatic N) is 3. The first-order valence-electron chi connectivity index (χ1n) is 7.95. The number of aromatic nitrogens is 3. The average Bonchev–Trinajstić information content (AvgIpc) is 3.23. The monoisotopic (exact) mass is 315 g/mol. The Morgan fingerprint density at radius 3 is 2.74 bits per heavy atom. The third kappa shape index (κ3) is 4.70. The minimum atomic E-state index is -0.241. The number of ether oxygens (including phenoxy) is 1. The molecule has 2 aromatic rings. The molecule has 122 valence electrons. The van der Waals surface area contributed by atoms with Gasteiger partial charge in [0, 0.05) is 18.4 Å². The highest BCUT2D eigenvalue weighted by Gasteiger charge is 2.16. The molecule has 2 N–H and O–H groups in total. The Labute approximate surface area is 135 Å². The number of hydrogen-bond donors (Lipinski definition) is 2. The maximum Gasteiger partial charge on any atom is 0.319 e. The Morgan fingerprint density at radius 2 is 2.04 bits per heavy atom. The summed E-state index contributed by atoms with van der Waals surface area (Å²) in [7, 11) is 0. The minimum absolute atomic E-state index is 0.241. The molecule has 1 aliphatic carbocycles. The number of benzene rings is 1. The van der Waals surface area contributed by atoms with E-state index in [4.69, 9.17) is 4.74 Å². The quantitative estimate of drug-likeness (QED) is 0.858. The van der Waals surface area contributed by atoms with Gasteiger partial charge in [0.05, 0.1) is 18.8 Å². The molecule has 1 aliphatic rings. The van der Waals surface area contributed by atoms with Crippen molar-refractivity contribution in [3.63, 3.8) is 0 Å². The summed E-state index contributed by atoms with van der Waals surface area (Å²) in [6, 6.07) is 7.24. The van der Waals surface area contributed by atoms with Crippen molar-refractivity contribution in [3.05, 3.63) is 36.7 Å². The summed E-state index contributed by atoms with van der Waals surface area (Å²) in [6.45, 7) is 1.07. The summed E-state index contributed by atoms with van der Waals surface area (Å²) in [6.07, 6.45) is 8.47. The highest BCUT2D eigenvalue weighted by Crippen LogP contribution is 2.24. The van der Waals surface area contributed by atoms with Crippen LogP contribution in [-0.2, 0) is 6.54 Å². The van der Waals surface area contributed by atoms with Crippen LogP contribution in [0.25, 0.3) is 0 Å². The van der Waals surface area contributed by atoms with Gasteiger partial charge in [0.1, 0.15) is 5.75 Å². The zero-order valence-corrected chi connectivity index (χ0v) is 12.9. The Bertz CT molecular complexity index is 606. The second-order valence-electron chi connectivity index (χ2n) is 5.60. The van der Waals surface area contributed by atoms with E-state index in [1.54, 1.807) is 17.1 Å². The summed E-state index contributed by atoms with van der Waals surface area (Å²) < 4.78 is 7.56. The van der Waals surface area contributed by atoms with E-state index in [1.807, 2.05) is 24.3 Å². The Morgan fingerprint density at radius 1 is 1.26 bits per heavy atom. The second-order valence-corrected chi connectivity index (χ2v) is 5.60. The number of carbonyl (C=O) groups is 1. The molecule has 0 unspecified atom stereocenters. The van der Waals surface area contributed by atoms with Crippen molar-refractivity contribution in [3.8, 4) is 5.75 Å². The van der Waals surface area contributed by atoms with Gasteiger partial charge in [-0.1, -0.05) is 5.21 Å². The van der Waals surface area contributed by atoms with E-state index in [9.17, 15) is 4.79 Å². The third-order valence-corrected chi connectivity index (χ3v) is 3.82. The highest BCUT2D eigenvalue weighted by molar-refractivity contribution is 5.89. The molecule has 1 fully saturated rings. The maximum absolute atomic E-state index is 11.8. The normalized spacial score (nSPS) is 14.6. The van der Waals surface area contributed by atoms with Crippen LogP contribution in [-0.4, -0.2) is 33.7 Å². The zero-order chi connectivity index (χ0) is 15.9.